The summed E-state index contributed by atoms with van der Waals surface area (Å²) >= 11 is 0. The van der Waals surface area contributed by atoms with E-state index in [0.29, 0.717) is 23.3 Å². The summed E-state index contributed by atoms with van der Waals surface area (Å²) in [4.78, 5) is 45.9. The molecule has 20 aromatic rings. The van der Waals surface area contributed by atoms with E-state index in [4.69, 9.17) is 44.9 Å². The average molecular weight is 1460 g/mol. The minimum absolute atomic E-state index is 0.622. The lowest BCUT2D eigenvalue weighted by molar-refractivity contribution is 1.07. The summed E-state index contributed by atoms with van der Waals surface area (Å²) in [7, 11) is 0. The molecule has 0 N–H and O–H groups in total. The summed E-state index contributed by atoms with van der Waals surface area (Å²) in [5.74, 6) is 2.58. The molecular weight excluding hydrogens is 1390 g/mol. The van der Waals surface area contributed by atoms with Crippen molar-refractivity contribution in [2.75, 3.05) is 0 Å². The highest BCUT2D eigenvalue weighted by Gasteiger charge is 2.19. The summed E-state index contributed by atoms with van der Waals surface area (Å²) in [6.45, 7) is 4.30. The van der Waals surface area contributed by atoms with Gasteiger partial charge in [0.25, 0.3) is 0 Å². The molecule has 536 valence electrons. The van der Waals surface area contributed by atoms with Crippen molar-refractivity contribution in [1.29, 1.82) is 0 Å². The Bertz CT molecular complexity index is 6910. The minimum Gasteiger partial charge on any atom is -0.245 e. The van der Waals surface area contributed by atoms with Gasteiger partial charge in [0.15, 0.2) is 23.3 Å². The van der Waals surface area contributed by atoms with E-state index in [1.807, 2.05) is 84.9 Å². The fraction of sp³-hybridized carbons (Fsp3) is 0.0190. The zero-order valence-corrected chi connectivity index (χ0v) is 62.6. The SMILES string of the molecule is Cc1cc(-c2ccccc2)nc2c1ccc1ccc(-c3ccc(-c4cccc(-c5nc(-c6ccccc6)nc(-c6ccc(-c7ccccc7)cc6)n5)c4)cc3)nc12.Cc1cc(-c2ccccc2)nc2c1ccc1ccc(-c3cccc(-c4ccc(-c5cc(-c6ccccc6)nc(-c6ccc(-c7ccccc7)cc6)n5)cc4)c3)nc12. The number of hydrogen-bond donors (Lipinski definition) is 0. The molecule has 0 radical (unpaired) electrons. The Kier molecular flexibility index (Phi) is 18.7. The van der Waals surface area contributed by atoms with Gasteiger partial charge in [0, 0.05) is 77.2 Å². The van der Waals surface area contributed by atoms with Crippen LogP contribution in [0.15, 0.2) is 394 Å². The molecule has 0 aliphatic carbocycles. The number of benzene rings is 14. The summed E-state index contributed by atoms with van der Waals surface area (Å²) < 4.78 is 0. The maximum atomic E-state index is 5.25. The van der Waals surface area contributed by atoms with E-state index in [2.05, 4.69) is 323 Å². The highest BCUT2D eigenvalue weighted by Crippen LogP contribution is 2.38. The molecule has 0 saturated heterocycles. The zero-order valence-electron chi connectivity index (χ0n) is 62.6. The Hall–Kier alpha value is -15.2. The van der Waals surface area contributed by atoms with E-state index >= 15 is 0 Å². The van der Waals surface area contributed by atoms with Gasteiger partial charge in [-0.1, -0.05) is 352 Å². The number of hydrogen-bond acceptors (Lipinski definition) is 9. The van der Waals surface area contributed by atoms with Crippen LogP contribution in [0, 0.1) is 13.8 Å². The third kappa shape index (κ3) is 14.4. The molecule has 0 aliphatic heterocycles. The fourth-order valence-electron chi connectivity index (χ4n) is 15.0. The first-order valence-electron chi connectivity index (χ1n) is 38.3. The molecule has 0 unspecified atom stereocenters. The average Bonchev–Trinajstić information content (AvgIpc) is 0.738. The van der Waals surface area contributed by atoms with Gasteiger partial charge in [-0.15, -0.1) is 0 Å². The van der Waals surface area contributed by atoms with Crippen LogP contribution >= 0.6 is 0 Å². The number of fused-ring (bicyclic) bond motifs is 6. The summed E-state index contributed by atoms with van der Waals surface area (Å²) in [6.07, 6.45) is 0. The number of pyridine rings is 4. The van der Waals surface area contributed by atoms with Crippen molar-refractivity contribution in [3.05, 3.63) is 405 Å². The third-order valence-electron chi connectivity index (χ3n) is 21.1. The quantitative estimate of drug-likeness (QED) is 0.0981. The van der Waals surface area contributed by atoms with Crippen LogP contribution in [0.25, 0.3) is 201 Å². The predicted octanol–water partition coefficient (Wildman–Crippen LogP) is 26.5. The normalized spacial score (nSPS) is 11.2. The van der Waals surface area contributed by atoms with Crippen molar-refractivity contribution in [3.63, 3.8) is 0 Å². The second kappa shape index (κ2) is 30.7. The highest BCUT2D eigenvalue weighted by molar-refractivity contribution is 6.07. The standard InChI is InChI=1S/C53H36N4.C52H35N5/c1-35-32-48(39-14-7-3-8-15-39)55-52-46(35)30-28-42-29-31-47(54-51(42)52)45-19-11-18-44(33-45)38-20-24-41(25-21-38)50-34-49(40-16-9-4-10-17-40)56-53(57-50)43-26-22-37(23-27-43)36-12-5-2-6-13-36;1-34-32-47(38-14-7-3-8-15-38)54-49-45(34)30-28-40-29-31-46(53-48(40)49)39-24-20-37(21-25-39)43-18-11-19-44(33-43)52-56-50(41-16-9-4-10-17-41)55-51(57-52)42-26-22-36(23-27-42)35-12-5-2-6-13-35/h2-34H,1H3;2-33H,1H3. The third-order valence-corrected chi connectivity index (χ3v) is 21.1. The Labute approximate surface area is 661 Å². The number of nitrogens with zero attached hydrogens (tertiary/aromatic N) is 9. The predicted molar refractivity (Wildman–Crippen MR) is 469 cm³/mol. The molecule has 0 atom stereocenters. The Morgan fingerprint density at radius 1 is 0.140 bits per heavy atom. The van der Waals surface area contributed by atoms with Crippen LogP contribution in [-0.2, 0) is 0 Å². The van der Waals surface area contributed by atoms with Crippen LogP contribution in [-0.4, -0.2) is 44.9 Å². The second-order valence-electron chi connectivity index (χ2n) is 28.5. The van der Waals surface area contributed by atoms with E-state index in [-0.39, 0.29) is 0 Å². The van der Waals surface area contributed by atoms with E-state index in [1.165, 1.54) is 22.3 Å². The Morgan fingerprint density at radius 2 is 0.386 bits per heavy atom. The molecule has 114 heavy (non-hydrogen) atoms. The lowest BCUT2D eigenvalue weighted by Crippen LogP contribution is -2.00. The second-order valence-corrected chi connectivity index (χ2v) is 28.5. The number of aryl methyl sites for hydroxylation is 2. The van der Waals surface area contributed by atoms with Gasteiger partial charge in [0.05, 0.1) is 56.2 Å². The Balaban J connectivity index is 0.000000153. The van der Waals surface area contributed by atoms with Crippen LogP contribution in [0.3, 0.4) is 0 Å². The topological polar surface area (TPSA) is 116 Å². The van der Waals surface area contributed by atoms with Crippen molar-refractivity contribution < 1.29 is 0 Å². The molecule has 9 heteroatoms. The maximum Gasteiger partial charge on any atom is 0.164 e. The van der Waals surface area contributed by atoms with Crippen molar-refractivity contribution in [1.82, 2.24) is 44.9 Å². The van der Waals surface area contributed by atoms with Crippen LogP contribution in [0.5, 0.6) is 0 Å². The maximum absolute atomic E-state index is 5.25. The first-order valence-corrected chi connectivity index (χ1v) is 38.3. The van der Waals surface area contributed by atoms with Gasteiger partial charge >= 0.3 is 0 Å². The van der Waals surface area contributed by atoms with E-state index < -0.39 is 0 Å². The van der Waals surface area contributed by atoms with Crippen LogP contribution in [0.4, 0.5) is 0 Å². The number of aromatic nitrogens is 9. The van der Waals surface area contributed by atoms with Crippen molar-refractivity contribution in [2.24, 2.45) is 0 Å². The van der Waals surface area contributed by atoms with Crippen LogP contribution in [0.2, 0.25) is 0 Å². The molecule has 9 nitrogen and oxygen atoms in total. The largest absolute Gasteiger partial charge is 0.245 e. The van der Waals surface area contributed by atoms with E-state index in [0.717, 1.165) is 167 Å². The van der Waals surface area contributed by atoms with Gasteiger partial charge in [-0.3, -0.25) is 0 Å². The number of rotatable bonds is 14. The molecule has 6 aromatic heterocycles. The molecule has 0 amide bonds. The minimum atomic E-state index is 0.622. The molecule has 14 aromatic carbocycles. The molecule has 0 bridgehead atoms. The summed E-state index contributed by atoms with van der Waals surface area (Å²) in [5.41, 5.74) is 30.7. The molecule has 0 spiro atoms. The molecule has 0 fully saturated rings. The van der Waals surface area contributed by atoms with Gasteiger partial charge in [-0.05, 0) is 112 Å². The van der Waals surface area contributed by atoms with Gasteiger partial charge in [-0.2, -0.15) is 0 Å². The molecule has 6 heterocycles. The zero-order chi connectivity index (χ0) is 76.3. The lowest BCUT2D eigenvalue weighted by Gasteiger charge is -2.12. The summed E-state index contributed by atoms with van der Waals surface area (Å²) in [6, 6.07) is 137. The molecule has 0 saturated carbocycles. The van der Waals surface area contributed by atoms with E-state index in [1.54, 1.807) is 0 Å². The van der Waals surface area contributed by atoms with Crippen molar-refractivity contribution in [2.45, 2.75) is 13.8 Å². The van der Waals surface area contributed by atoms with Gasteiger partial charge in [-0.25, -0.2) is 44.9 Å². The van der Waals surface area contributed by atoms with Crippen LogP contribution < -0.4 is 0 Å². The smallest absolute Gasteiger partial charge is 0.164 e. The lowest BCUT2D eigenvalue weighted by atomic mass is 9.98. The van der Waals surface area contributed by atoms with Gasteiger partial charge in [0.2, 0.25) is 0 Å². The molecule has 20 rings (SSSR count). The fourth-order valence-corrected chi connectivity index (χ4v) is 15.0. The first-order chi connectivity index (χ1) is 56.2. The van der Waals surface area contributed by atoms with Gasteiger partial charge in [0.1, 0.15) is 0 Å². The van der Waals surface area contributed by atoms with E-state index in [9.17, 15) is 0 Å². The van der Waals surface area contributed by atoms with Gasteiger partial charge < -0.3 is 0 Å². The molecular formula is C105H71N9. The van der Waals surface area contributed by atoms with Crippen LogP contribution in [0.1, 0.15) is 11.1 Å². The summed E-state index contributed by atoms with van der Waals surface area (Å²) in [5, 5.41) is 4.37. The monoisotopic (exact) mass is 1460 g/mol. The van der Waals surface area contributed by atoms with Crippen molar-refractivity contribution in [3.8, 4) is 158 Å². The highest BCUT2D eigenvalue weighted by atomic mass is 15.0. The first kappa shape index (κ1) is 69.3. The Morgan fingerprint density at radius 3 is 0.798 bits per heavy atom. The van der Waals surface area contributed by atoms with Crippen molar-refractivity contribution >= 4 is 43.6 Å². The molecule has 0 aliphatic rings.